The highest BCUT2D eigenvalue weighted by Crippen LogP contribution is 2.62. The second-order valence-corrected chi connectivity index (χ2v) is 12.1. The van der Waals surface area contributed by atoms with Gasteiger partial charge < -0.3 is 4.74 Å². The Bertz CT molecular complexity index is 2020. The average Bonchev–Trinajstić information content (AvgIpc) is 3.44. The topological polar surface area (TPSA) is 9.23 Å². The standard InChI is InChI=1S/C40H28O/c1-39(2)31-14-6-3-13-29(31)30-23-25(19-21-32(30)39)26-20-22-36-38(24-26)41-37-18-10-9-17-35(37)40(36)33-15-7-4-11-27(33)28-12-5-8-16-34(28)40/h3-24H,1-2H3. The molecule has 1 heterocycles. The molecule has 6 aromatic rings. The van der Waals surface area contributed by atoms with Crippen LogP contribution in [0.15, 0.2) is 133 Å². The Kier molecular flexibility index (Phi) is 4.39. The number of fused-ring (bicyclic) bond motifs is 12. The van der Waals surface area contributed by atoms with Crippen LogP contribution < -0.4 is 4.74 Å². The molecule has 9 rings (SSSR count). The molecule has 1 spiro atoms. The molecule has 1 nitrogen and oxygen atoms in total. The highest BCUT2D eigenvalue weighted by atomic mass is 16.5. The summed E-state index contributed by atoms with van der Waals surface area (Å²) in [6.07, 6.45) is 0. The molecule has 1 heteroatoms. The third kappa shape index (κ3) is 2.81. The molecular weight excluding hydrogens is 496 g/mol. The third-order valence-corrected chi connectivity index (χ3v) is 9.77. The van der Waals surface area contributed by atoms with Gasteiger partial charge in [-0.1, -0.05) is 129 Å². The molecule has 0 radical (unpaired) electrons. The first-order chi connectivity index (χ1) is 20.1. The van der Waals surface area contributed by atoms with Crippen molar-refractivity contribution in [1.29, 1.82) is 0 Å². The number of benzene rings is 6. The molecule has 2 aliphatic carbocycles. The first-order valence-corrected chi connectivity index (χ1v) is 14.4. The molecular formula is C40H28O. The molecule has 194 valence electrons. The van der Waals surface area contributed by atoms with E-state index in [0.29, 0.717) is 0 Å². The molecule has 0 bridgehead atoms. The van der Waals surface area contributed by atoms with Gasteiger partial charge >= 0.3 is 0 Å². The lowest BCUT2D eigenvalue weighted by atomic mass is 9.66. The molecule has 0 fully saturated rings. The maximum Gasteiger partial charge on any atom is 0.132 e. The lowest BCUT2D eigenvalue weighted by molar-refractivity contribution is 0.436. The van der Waals surface area contributed by atoms with E-state index in [4.69, 9.17) is 4.74 Å². The van der Waals surface area contributed by atoms with Crippen molar-refractivity contribution in [1.82, 2.24) is 0 Å². The number of hydrogen-bond acceptors (Lipinski definition) is 1. The highest BCUT2D eigenvalue weighted by molar-refractivity contribution is 5.89. The maximum atomic E-state index is 6.74. The van der Waals surface area contributed by atoms with Gasteiger partial charge in [0, 0.05) is 16.5 Å². The van der Waals surface area contributed by atoms with E-state index in [0.717, 1.165) is 11.5 Å². The summed E-state index contributed by atoms with van der Waals surface area (Å²) in [5.41, 5.74) is 15.1. The van der Waals surface area contributed by atoms with E-state index in [1.807, 2.05) is 0 Å². The van der Waals surface area contributed by atoms with Crippen molar-refractivity contribution in [3.8, 4) is 44.9 Å². The molecule has 0 atom stereocenters. The van der Waals surface area contributed by atoms with Gasteiger partial charge in [-0.3, -0.25) is 0 Å². The van der Waals surface area contributed by atoms with Gasteiger partial charge in [0.15, 0.2) is 0 Å². The highest BCUT2D eigenvalue weighted by Gasteiger charge is 2.50. The van der Waals surface area contributed by atoms with Crippen LogP contribution in [0, 0.1) is 0 Å². The maximum absolute atomic E-state index is 6.74. The first-order valence-electron chi connectivity index (χ1n) is 14.4. The fourth-order valence-electron chi connectivity index (χ4n) is 7.94. The SMILES string of the molecule is CC1(C)c2ccccc2-c2cc(-c3ccc4c(c3)Oc3ccccc3C43c4ccccc4-c4ccccc43)ccc21. The summed E-state index contributed by atoms with van der Waals surface area (Å²) in [4.78, 5) is 0. The van der Waals surface area contributed by atoms with Gasteiger partial charge in [-0.15, -0.1) is 0 Å². The minimum absolute atomic E-state index is 0.00275. The lowest BCUT2D eigenvalue weighted by Gasteiger charge is -2.39. The Hall–Kier alpha value is -4.88. The van der Waals surface area contributed by atoms with E-state index in [9.17, 15) is 0 Å². The van der Waals surface area contributed by atoms with Crippen molar-refractivity contribution in [2.24, 2.45) is 0 Å². The summed E-state index contributed by atoms with van der Waals surface area (Å²) in [6.45, 7) is 4.66. The summed E-state index contributed by atoms with van der Waals surface area (Å²) in [7, 11) is 0. The lowest BCUT2D eigenvalue weighted by Crippen LogP contribution is -2.32. The molecule has 1 aliphatic heterocycles. The van der Waals surface area contributed by atoms with Crippen molar-refractivity contribution in [3.63, 3.8) is 0 Å². The summed E-state index contributed by atoms with van der Waals surface area (Å²) in [6, 6.07) is 49.0. The smallest absolute Gasteiger partial charge is 0.132 e. The number of rotatable bonds is 1. The van der Waals surface area contributed by atoms with Crippen LogP contribution in [0.25, 0.3) is 33.4 Å². The fourth-order valence-corrected chi connectivity index (χ4v) is 7.94. The summed E-state index contributed by atoms with van der Waals surface area (Å²) in [5, 5.41) is 0. The van der Waals surface area contributed by atoms with Crippen LogP contribution in [0.4, 0.5) is 0 Å². The molecule has 41 heavy (non-hydrogen) atoms. The minimum atomic E-state index is -0.420. The zero-order valence-electron chi connectivity index (χ0n) is 23.1. The second-order valence-electron chi connectivity index (χ2n) is 12.1. The normalized spacial score (nSPS) is 15.7. The molecule has 0 aromatic heterocycles. The van der Waals surface area contributed by atoms with E-state index in [1.165, 1.54) is 66.8 Å². The fraction of sp³-hybridized carbons (Fsp3) is 0.100. The van der Waals surface area contributed by atoms with Crippen molar-refractivity contribution < 1.29 is 4.74 Å². The van der Waals surface area contributed by atoms with Crippen molar-refractivity contribution in [2.75, 3.05) is 0 Å². The van der Waals surface area contributed by atoms with E-state index in [1.54, 1.807) is 0 Å². The zero-order valence-corrected chi connectivity index (χ0v) is 23.1. The van der Waals surface area contributed by atoms with Crippen molar-refractivity contribution >= 4 is 0 Å². The predicted molar refractivity (Wildman–Crippen MR) is 167 cm³/mol. The largest absolute Gasteiger partial charge is 0.457 e. The van der Waals surface area contributed by atoms with Gasteiger partial charge in [-0.2, -0.15) is 0 Å². The Morgan fingerprint density at radius 3 is 1.54 bits per heavy atom. The Labute approximate surface area is 240 Å². The van der Waals surface area contributed by atoms with E-state index in [-0.39, 0.29) is 5.41 Å². The van der Waals surface area contributed by atoms with E-state index >= 15 is 0 Å². The van der Waals surface area contributed by atoms with Crippen LogP contribution >= 0.6 is 0 Å². The monoisotopic (exact) mass is 524 g/mol. The van der Waals surface area contributed by atoms with Crippen LogP contribution in [0.2, 0.25) is 0 Å². The van der Waals surface area contributed by atoms with Crippen molar-refractivity contribution in [2.45, 2.75) is 24.7 Å². The molecule has 0 amide bonds. The van der Waals surface area contributed by atoms with Gasteiger partial charge in [0.2, 0.25) is 0 Å². The van der Waals surface area contributed by atoms with Gasteiger partial charge in [0.1, 0.15) is 11.5 Å². The quantitative estimate of drug-likeness (QED) is 0.208. The Morgan fingerprint density at radius 1 is 0.390 bits per heavy atom. The zero-order chi connectivity index (χ0) is 27.3. The number of hydrogen-bond donors (Lipinski definition) is 0. The molecule has 0 saturated carbocycles. The Balaban J connectivity index is 1.28. The molecule has 0 saturated heterocycles. The van der Waals surface area contributed by atoms with Crippen LogP contribution in [0.3, 0.4) is 0 Å². The summed E-state index contributed by atoms with van der Waals surface area (Å²) >= 11 is 0. The first kappa shape index (κ1) is 22.9. The average molecular weight is 525 g/mol. The van der Waals surface area contributed by atoms with Crippen LogP contribution in [0.5, 0.6) is 11.5 Å². The van der Waals surface area contributed by atoms with Crippen molar-refractivity contribution in [3.05, 3.63) is 167 Å². The van der Waals surface area contributed by atoms with Gasteiger partial charge in [0.05, 0.1) is 5.41 Å². The van der Waals surface area contributed by atoms with Crippen LogP contribution in [-0.4, -0.2) is 0 Å². The third-order valence-electron chi connectivity index (χ3n) is 9.77. The van der Waals surface area contributed by atoms with E-state index < -0.39 is 5.41 Å². The number of para-hydroxylation sites is 1. The Morgan fingerprint density at radius 2 is 0.854 bits per heavy atom. The predicted octanol–water partition coefficient (Wildman–Crippen LogP) is 10.1. The van der Waals surface area contributed by atoms with Gasteiger partial charge in [0.25, 0.3) is 0 Å². The summed E-state index contributed by atoms with van der Waals surface area (Å²) < 4.78 is 6.74. The van der Waals surface area contributed by atoms with Gasteiger partial charge in [-0.25, -0.2) is 0 Å². The van der Waals surface area contributed by atoms with Gasteiger partial charge in [-0.05, 0) is 73.8 Å². The minimum Gasteiger partial charge on any atom is -0.457 e. The molecule has 3 aliphatic rings. The summed E-state index contributed by atoms with van der Waals surface area (Å²) in [5.74, 6) is 1.85. The molecule has 0 unspecified atom stereocenters. The van der Waals surface area contributed by atoms with Crippen LogP contribution in [-0.2, 0) is 10.8 Å². The van der Waals surface area contributed by atoms with E-state index in [2.05, 4.69) is 147 Å². The molecule has 0 N–H and O–H groups in total. The second kappa shape index (κ2) is 7.86. The van der Waals surface area contributed by atoms with Crippen LogP contribution in [0.1, 0.15) is 47.2 Å². The molecule has 6 aromatic carbocycles. The number of ether oxygens (including phenoxy) is 1.